The minimum absolute atomic E-state index is 0.0122. The SMILES string of the molecule is CC(C)OCC(=O)NCC1(N(C)C)CCC1. The molecular formula is C12H24N2O2. The number of carbonyl (C=O) groups excluding carboxylic acids is 1. The maximum Gasteiger partial charge on any atom is 0.246 e. The Labute approximate surface area is 98.3 Å². The van der Waals surface area contributed by atoms with E-state index in [9.17, 15) is 4.79 Å². The van der Waals surface area contributed by atoms with Gasteiger partial charge in [-0.05, 0) is 47.2 Å². The van der Waals surface area contributed by atoms with Gasteiger partial charge >= 0.3 is 0 Å². The monoisotopic (exact) mass is 228 g/mol. The van der Waals surface area contributed by atoms with E-state index in [-0.39, 0.29) is 24.2 Å². The average Bonchev–Trinajstić information content (AvgIpc) is 2.12. The molecule has 1 fully saturated rings. The highest BCUT2D eigenvalue weighted by atomic mass is 16.5. The normalized spacial score (nSPS) is 18.6. The fraction of sp³-hybridized carbons (Fsp3) is 0.917. The van der Waals surface area contributed by atoms with Crippen LogP contribution in [0.1, 0.15) is 33.1 Å². The van der Waals surface area contributed by atoms with Crippen LogP contribution in [0.15, 0.2) is 0 Å². The van der Waals surface area contributed by atoms with Crippen molar-refractivity contribution in [1.29, 1.82) is 0 Å². The highest BCUT2D eigenvalue weighted by Crippen LogP contribution is 2.35. The first-order valence-electron chi connectivity index (χ1n) is 6.02. The lowest BCUT2D eigenvalue weighted by Gasteiger charge is -2.47. The molecule has 1 saturated carbocycles. The van der Waals surface area contributed by atoms with Crippen LogP contribution in [0.2, 0.25) is 0 Å². The number of amides is 1. The molecule has 94 valence electrons. The molecular weight excluding hydrogens is 204 g/mol. The summed E-state index contributed by atoms with van der Waals surface area (Å²) >= 11 is 0. The summed E-state index contributed by atoms with van der Waals surface area (Å²) in [6.07, 6.45) is 3.71. The fourth-order valence-corrected chi connectivity index (χ4v) is 1.92. The molecule has 0 aromatic carbocycles. The van der Waals surface area contributed by atoms with Gasteiger partial charge in [0.2, 0.25) is 5.91 Å². The molecule has 4 heteroatoms. The van der Waals surface area contributed by atoms with E-state index in [1.165, 1.54) is 19.3 Å². The summed E-state index contributed by atoms with van der Waals surface area (Å²) in [4.78, 5) is 13.7. The van der Waals surface area contributed by atoms with Gasteiger partial charge in [0, 0.05) is 12.1 Å². The van der Waals surface area contributed by atoms with E-state index < -0.39 is 0 Å². The Morgan fingerprint density at radius 3 is 2.44 bits per heavy atom. The lowest BCUT2D eigenvalue weighted by atomic mass is 9.75. The second kappa shape index (κ2) is 5.64. The van der Waals surface area contributed by atoms with Gasteiger partial charge in [-0.15, -0.1) is 0 Å². The van der Waals surface area contributed by atoms with Gasteiger partial charge in [-0.2, -0.15) is 0 Å². The van der Waals surface area contributed by atoms with Crippen molar-refractivity contribution in [1.82, 2.24) is 10.2 Å². The molecule has 1 rings (SSSR count). The maximum atomic E-state index is 11.5. The second-order valence-electron chi connectivity index (χ2n) is 5.11. The van der Waals surface area contributed by atoms with Crippen LogP contribution in [-0.4, -0.2) is 49.7 Å². The molecule has 0 saturated heterocycles. The Balaban J connectivity index is 2.25. The zero-order valence-electron chi connectivity index (χ0n) is 10.9. The molecule has 0 aromatic rings. The minimum Gasteiger partial charge on any atom is -0.369 e. The van der Waals surface area contributed by atoms with Crippen LogP contribution in [0, 0.1) is 0 Å². The molecule has 1 aliphatic rings. The third kappa shape index (κ3) is 3.46. The summed E-state index contributed by atoms with van der Waals surface area (Å²) in [5.41, 5.74) is 0.188. The summed E-state index contributed by atoms with van der Waals surface area (Å²) in [5.74, 6) is -0.0122. The Kier molecular flexibility index (Phi) is 4.74. The number of likely N-dealkylation sites (N-methyl/N-ethyl adjacent to an activating group) is 1. The highest BCUT2D eigenvalue weighted by Gasteiger charge is 2.39. The van der Waals surface area contributed by atoms with E-state index in [2.05, 4.69) is 24.3 Å². The molecule has 0 unspecified atom stereocenters. The summed E-state index contributed by atoms with van der Waals surface area (Å²) in [6, 6.07) is 0. The molecule has 0 spiro atoms. The number of hydrogen-bond acceptors (Lipinski definition) is 3. The highest BCUT2D eigenvalue weighted by molar-refractivity contribution is 5.77. The molecule has 16 heavy (non-hydrogen) atoms. The van der Waals surface area contributed by atoms with Crippen molar-refractivity contribution in [3.63, 3.8) is 0 Å². The molecule has 0 atom stereocenters. The average molecular weight is 228 g/mol. The van der Waals surface area contributed by atoms with Crippen LogP contribution in [0.3, 0.4) is 0 Å². The van der Waals surface area contributed by atoms with E-state index in [0.717, 1.165) is 6.54 Å². The van der Waals surface area contributed by atoms with Gasteiger partial charge in [0.05, 0.1) is 6.10 Å². The zero-order valence-corrected chi connectivity index (χ0v) is 10.9. The molecule has 0 aliphatic heterocycles. The molecule has 0 bridgehead atoms. The Hall–Kier alpha value is -0.610. The molecule has 1 N–H and O–H groups in total. The van der Waals surface area contributed by atoms with Gasteiger partial charge < -0.3 is 15.0 Å². The van der Waals surface area contributed by atoms with Gasteiger partial charge in [0.1, 0.15) is 6.61 Å². The number of carbonyl (C=O) groups is 1. The van der Waals surface area contributed by atoms with Crippen LogP contribution in [-0.2, 0) is 9.53 Å². The predicted molar refractivity (Wildman–Crippen MR) is 64.4 cm³/mol. The number of hydrogen-bond donors (Lipinski definition) is 1. The predicted octanol–water partition coefficient (Wildman–Crippen LogP) is 1.01. The first-order chi connectivity index (χ1) is 7.46. The van der Waals surface area contributed by atoms with Crippen LogP contribution in [0.25, 0.3) is 0 Å². The lowest BCUT2D eigenvalue weighted by molar-refractivity contribution is -0.128. The summed E-state index contributed by atoms with van der Waals surface area (Å²) < 4.78 is 5.26. The first kappa shape index (κ1) is 13.5. The minimum atomic E-state index is -0.0122. The maximum absolute atomic E-state index is 11.5. The van der Waals surface area contributed by atoms with E-state index in [4.69, 9.17) is 4.74 Å². The summed E-state index contributed by atoms with van der Waals surface area (Å²) in [5, 5.41) is 2.96. The Morgan fingerprint density at radius 2 is 2.06 bits per heavy atom. The Morgan fingerprint density at radius 1 is 1.44 bits per heavy atom. The summed E-state index contributed by atoms with van der Waals surface area (Å²) in [6.45, 7) is 4.77. The van der Waals surface area contributed by atoms with Crippen LogP contribution >= 0.6 is 0 Å². The van der Waals surface area contributed by atoms with Crippen molar-refractivity contribution in [2.75, 3.05) is 27.2 Å². The van der Waals surface area contributed by atoms with Crippen molar-refractivity contribution in [2.24, 2.45) is 0 Å². The lowest BCUT2D eigenvalue weighted by Crippen LogP contribution is -2.57. The number of rotatable bonds is 6. The molecule has 0 radical (unpaired) electrons. The van der Waals surface area contributed by atoms with Crippen molar-refractivity contribution in [3.05, 3.63) is 0 Å². The Bertz CT molecular complexity index is 235. The number of nitrogens with one attached hydrogen (secondary N) is 1. The number of ether oxygens (including phenoxy) is 1. The van der Waals surface area contributed by atoms with Crippen molar-refractivity contribution in [3.8, 4) is 0 Å². The quantitative estimate of drug-likeness (QED) is 0.738. The van der Waals surface area contributed by atoms with Gasteiger partial charge in [-0.3, -0.25) is 4.79 Å². The van der Waals surface area contributed by atoms with E-state index in [0.29, 0.717) is 0 Å². The molecule has 1 amide bonds. The fourth-order valence-electron chi connectivity index (χ4n) is 1.92. The third-order valence-corrected chi connectivity index (χ3v) is 3.40. The van der Waals surface area contributed by atoms with Crippen LogP contribution in [0.5, 0.6) is 0 Å². The van der Waals surface area contributed by atoms with Gasteiger partial charge in [0.25, 0.3) is 0 Å². The van der Waals surface area contributed by atoms with E-state index in [1.807, 2.05) is 13.8 Å². The first-order valence-corrected chi connectivity index (χ1v) is 6.02. The number of nitrogens with zero attached hydrogens (tertiary/aromatic N) is 1. The smallest absolute Gasteiger partial charge is 0.246 e. The van der Waals surface area contributed by atoms with Crippen LogP contribution in [0.4, 0.5) is 0 Å². The van der Waals surface area contributed by atoms with Gasteiger partial charge in [-0.25, -0.2) is 0 Å². The molecule has 0 heterocycles. The standard InChI is InChI=1S/C12H24N2O2/c1-10(2)16-8-11(15)13-9-12(14(3)4)6-5-7-12/h10H,5-9H2,1-4H3,(H,13,15). The van der Waals surface area contributed by atoms with Crippen molar-refractivity contribution in [2.45, 2.75) is 44.8 Å². The van der Waals surface area contributed by atoms with E-state index in [1.54, 1.807) is 0 Å². The molecule has 4 nitrogen and oxygen atoms in total. The second-order valence-corrected chi connectivity index (χ2v) is 5.11. The zero-order chi connectivity index (χ0) is 12.2. The molecule has 1 aliphatic carbocycles. The van der Waals surface area contributed by atoms with Crippen molar-refractivity contribution < 1.29 is 9.53 Å². The van der Waals surface area contributed by atoms with Crippen LogP contribution < -0.4 is 5.32 Å². The third-order valence-electron chi connectivity index (χ3n) is 3.40. The van der Waals surface area contributed by atoms with Gasteiger partial charge in [-0.1, -0.05) is 0 Å². The largest absolute Gasteiger partial charge is 0.369 e. The van der Waals surface area contributed by atoms with Crippen molar-refractivity contribution >= 4 is 5.91 Å². The molecule has 0 aromatic heterocycles. The topological polar surface area (TPSA) is 41.6 Å². The van der Waals surface area contributed by atoms with E-state index >= 15 is 0 Å². The van der Waals surface area contributed by atoms with Gasteiger partial charge in [0.15, 0.2) is 0 Å². The summed E-state index contributed by atoms with van der Waals surface area (Å²) in [7, 11) is 4.16.